The summed E-state index contributed by atoms with van der Waals surface area (Å²) in [4.78, 5) is 0. The quantitative estimate of drug-likeness (QED) is 0.667. The average Bonchev–Trinajstić information content (AvgIpc) is 2.61. The molecule has 0 amide bonds. The van der Waals surface area contributed by atoms with Crippen LogP contribution in [0.1, 0.15) is 18.1 Å². The lowest BCUT2D eigenvalue weighted by molar-refractivity contribution is -0.0796. The monoisotopic (exact) mass is 326 g/mol. The topological polar surface area (TPSA) is 62.9 Å². The van der Waals surface area contributed by atoms with Gasteiger partial charge >= 0.3 is 0 Å². The maximum Gasteiger partial charge on any atom is 0.228 e. The Morgan fingerprint density at radius 3 is 2.35 bits per heavy atom. The Labute approximate surface area is 140 Å². The maximum absolute atomic E-state index is 6.33. The zero-order valence-electron chi connectivity index (χ0n) is 12.8. The van der Waals surface area contributed by atoms with E-state index in [0.29, 0.717) is 17.4 Å². The molecule has 2 aromatic rings. The number of thiocarbonyl (C=S) groups is 1. The molecule has 0 saturated carbocycles. The molecule has 0 unspecified atom stereocenters. The SMILES string of the molecule is CCO[C@]1(c2ccccc2)C(c2ccccc2)=NNC(=S)N1N. The van der Waals surface area contributed by atoms with Crippen molar-refractivity contribution in [1.82, 2.24) is 10.4 Å². The summed E-state index contributed by atoms with van der Waals surface area (Å²) in [5.41, 5.74) is 4.19. The van der Waals surface area contributed by atoms with Gasteiger partial charge in [-0.15, -0.1) is 0 Å². The predicted molar refractivity (Wildman–Crippen MR) is 94.5 cm³/mol. The van der Waals surface area contributed by atoms with Crippen LogP contribution in [0, 0.1) is 0 Å². The average molecular weight is 326 g/mol. The van der Waals surface area contributed by atoms with Crippen LogP contribution in [0.25, 0.3) is 0 Å². The first-order valence-corrected chi connectivity index (χ1v) is 7.79. The zero-order chi connectivity index (χ0) is 16.3. The van der Waals surface area contributed by atoms with Crippen LogP contribution in [0.15, 0.2) is 65.8 Å². The molecule has 1 atom stereocenters. The molecule has 118 valence electrons. The number of hydrazone groups is 1. The van der Waals surface area contributed by atoms with Gasteiger partial charge in [-0.1, -0.05) is 60.7 Å². The second-order valence-corrected chi connectivity index (χ2v) is 5.44. The summed E-state index contributed by atoms with van der Waals surface area (Å²) < 4.78 is 6.15. The third-order valence-corrected chi connectivity index (χ3v) is 4.00. The van der Waals surface area contributed by atoms with E-state index in [9.17, 15) is 0 Å². The van der Waals surface area contributed by atoms with E-state index in [0.717, 1.165) is 11.1 Å². The Balaban J connectivity index is 2.24. The highest BCUT2D eigenvalue weighted by Gasteiger charge is 2.48. The smallest absolute Gasteiger partial charge is 0.228 e. The molecule has 2 aromatic carbocycles. The normalized spacial score (nSPS) is 20.9. The van der Waals surface area contributed by atoms with Crippen LogP contribution >= 0.6 is 12.2 Å². The van der Waals surface area contributed by atoms with E-state index < -0.39 is 5.72 Å². The lowest BCUT2D eigenvalue weighted by atomic mass is 9.91. The molecule has 0 aromatic heterocycles. The van der Waals surface area contributed by atoms with E-state index in [1.807, 2.05) is 67.6 Å². The number of ether oxygens (including phenoxy) is 1. The predicted octanol–water partition coefficient (Wildman–Crippen LogP) is 2.34. The number of nitrogens with one attached hydrogen (secondary N) is 1. The summed E-state index contributed by atoms with van der Waals surface area (Å²) in [6.07, 6.45) is 0. The van der Waals surface area contributed by atoms with Crippen molar-refractivity contribution in [3.8, 4) is 0 Å². The van der Waals surface area contributed by atoms with Gasteiger partial charge in [-0.2, -0.15) is 5.10 Å². The summed E-state index contributed by atoms with van der Waals surface area (Å²) in [6.45, 7) is 2.38. The fraction of sp³-hybridized carbons (Fsp3) is 0.176. The summed E-state index contributed by atoms with van der Waals surface area (Å²) in [7, 11) is 0. The van der Waals surface area contributed by atoms with E-state index in [1.165, 1.54) is 5.01 Å². The minimum Gasteiger partial charge on any atom is -0.345 e. The van der Waals surface area contributed by atoms with Crippen LogP contribution in [0.4, 0.5) is 0 Å². The number of rotatable bonds is 4. The molecule has 3 rings (SSSR count). The molecule has 1 aliphatic rings. The summed E-state index contributed by atoms with van der Waals surface area (Å²) >= 11 is 5.30. The Morgan fingerprint density at radius 1 is 1.13 bits per heavy atom. The number of hydrogen-bond donors (Lipinski definition) is 2. The molecule has 6 heteroatoms. The Hall–Kier alpha value is -2.28. The van der Waals surface area contributed by atoms with Crippen molar-refractivity contribution in [3.63, 3.8) is 0 Å². The molecule has 0 bridgehead atoms. The van der Waals surface area contributed by atoms with Gasteiger partial charge in [0.2, 0.25) is 10.8 Å². The molecule has 3 N–H and O–H groups in total. The molecule has 1 aliphatic heterocycles. The highest BCUT2D eigenvalue weighted by atomic mass is 32.1. The summed E-state index contributed by atoms with van der Waals surface area (Å²) in [5, 5.41) is 6.19. The lowest BCUT2D eigenvalue weighted by Crippen LogP contribution is -2.65. The molecule has 23 heavy (non-hydrogen) atoms. The van der Waals surface area contributed by atoms with E-state index in [4.69, 9.17) is 22.8 Å². The van der Waals surface area contributed by atoms with Crippen molar-refractivity contribution in [2.24, 2.45) is 10.9 Å². The van der Waals surface area contributed by atoms with Crippen LogP contribution in [-0.4, -0.2) is 22.4 Å². The van der Waals surface area contributed by atoms with Crippen molar-refractivity contribution in [2.45, 2.75) is 12.6 Å². The van der Waals surface area contributed by atoms with Gasteiger partial charge in [0.05, 0.1) is 0 Å². The minimum atomic E-state index is -1.07. The number of hydrazine groups is 1. The van der Waals surface area contributed by atoms with Crippen molar-refractivity contribution >= 4 is 23.0 Å². The van der Waals surface area contributed by atoms with Crippen LogP contribution in [0.3, 0.4) is 0 Å². The molecule has 0 saturated heterocycles. The van der Waals surface area contributed by atoms with Gasteiger partial charge in [-0.3, -0.25) is 5.43 Å². The minimum absolute atomic E-state index is 0.307. The maximum atomic E-state index is 6.33. The van der Waals surface area contributed by atoms with Crippen molar-refractivity contribution in [1.29, 1.82) is 0 Å². The first-order chi connectivity index (χ1) is 11.2. The van der Waals surface area contributed by atoms with E-state index in [1.54, 1.807) is 0 Å². The van der Waals surface area contributed by atoms with E-state index >= 15 is 0 Å². The first-order valence-electron chi connectivity index (χ1n) is 7.38. The molecule has 0 aliphatic carbocycles. The van der Waals surface area contributed by atoms with Crippen LogP contribution in [0.2, 0.25) is 0 Å². The fourth-order valence-corrected chi connectivity index (χ4v) is 2.89. The Bertz CT molecular complexity index is 720. The summed E-state index contributed by atoms with van der Waals surface area (Å²) in [5.74, 6) is 6.33. The van der Waals surface area contributed by atoms with Gasteiger partial charge < -0.3 is 4.74 Å². The molecule has 0 fully saturated rings. The van der Waals surface area contributed by atoms with Crippen molar-refractivity contribution < 1.29 is 4.74 Å². The molecular formula is C17H18N4OS. The number of nitrogens with zero attached hydrogens (tertiary/aromatic N) is 2. The van der Waals surface area contributed by atoms with Crippen LogP contribution in [-0.2, 0) is 10.5 Å². The van der Waals surface area contributed by atoms with Gasteiger partial charge in [-0.05, 0) is 19.1 Å². The van der Waals surface area contributed by atoms with Crippen LogP contribution < -0.4 is 11.3 Å². The molecule has 0 radical (unpaired) electrons. The van der Waals surface area contributed by atoms with Crippen LogP contribution in [0.5, 0.6) is 0 Å². The van der Waals surface area contributed by atoms with Gasteiger partial charge in [0, 0.05) is 17.7 Å². The third kappa shape index (κ3) is 2.61. The number of nitrogens with two attached hydrogens (primary N) is 1. The summed E-state index contributed by atoms with van der Waals surface area (Å²) in [6, 6.07) is 19.6. The molecule has 5 nitrogen and oxygen atoms in total. The second kappa shape index (κ2) is 6.45. The van der Waals surface area contributed by atoms with Crippen molar-refractivity contribution in [3.05, 3.63) is 71.8 Å². The number of hydrogen-bond acceptors (Lipinski definition) is 4. The third-order valence-electron chi connectivity index (χ3n) is 3.71. The van der Waals surface area contributed by atoms with Gasteiger partial charge in [0.1, 0.15) is 5.71 Å². The lowest BCUT2D eigenvalue weighted by Gasteiger charge is -2.44. The fourth-order valence-electron chi connectivity index (χ4n) is 2.72. The van der Waals surface area contributed by atoms with E-state index in [2.05, 4.69) is 10.5 Å². The molecule has 1 heterocycles. The highest BCUT2D eigenvalue weighted by Crippen LogP contribution is 2.34. The largest absolute Gasteiger partial charge is 0.345 e. The van der Waals surface area contributed by atoms with Gasteiger partial charge in [-0.25, -0.2) is 10.9 Å². The van der Waals surface area contributed by atoms with Gasteiger partial charge in [0.15, 0.2) is 0 Å². The highest BCUT2D eigenvalue weighted by molar-refractivity contribution is 7.80. The number of benzene rings is 2. The Kier molecular flexibility index (Phi) is 4.38. The zero-order valence-corrected chi connectivity index (χ0v) is 13.6. The Morgan fingerprint density at radius 2 is 1.74 bits per heavy atom. The van der Waals surface area contributed by atoms with Gasteiger partial charge in [0.25, 0.3) is 0 Å². The van der Waals surface area contributed by atoms with E-state index in [-0.39, 0.29) is 0 Å². The standard InChI is InChI=1S/C17H18N4OS/c1-2-22-17(14-11-7-4-8-12-14)15(13-9-5-3-6-10-13)19-20-16(23)21(17)18/h3-12H,2,18H2,1H3,(H,20,23)/t17-/m1/s1. The first kappa shape index (κ1) is 15.6. The van der Waals surface area contributed by atoms with Crippen molar-refractivity contribution in [2.75, 3.05) is 6.61 Å². The molecular weight excluding hydrogens is 308 g/mol. The molecule has 0 spiro atoms. The second-order valence-electron chi connectivity index (χ2n) is 5.06.